The topological polar surface area (TPSA) is 101 Å². The first-order valence-corrected chi connectivity index (χ1v) is 15.6. The van der Waals surface area contributed by atoms with Crippen LogP contribution in [0.4, 0.5) is 19.0 Å². The van der Waals surface area contributed by atoms with Crippen LogP contribution in [0.25, 0.3) is 0 Å². The summed E-state index contributed by atoms with van der Waals surface area (Å²) in [6, 6.07) is 10.8. The van der Waals surface area contributed by atoms with Crippen molar-refractivity contribution in [1.82, 2.24) is 25.4 Å². The Morgan fingerprint density at radius 2 is 1.66 bits per heavy atom. The zero-order valence-corrected chi connectivity index (χ0v) is 25.7. The molecule has 3 N–H and O–H groups in total. The Balaban J connectivity index is 0.000000202. The van der Waals surface area contributed by atoms with E-state index in [1.165, 1.54) is 12.1 Å². The number of nitrogens with one attached hydrogen (secondary N) is 2. The lowest BCUT2D eigenvalue weighted by Gasteiger charge is -2.37. The Labute approximate surface area is 257 Å². The van der Waals surface area contributed by atoms with Gasteiger partial charge >= 0.3 is 6.18 Å². The van der Waals surface area contributed by atoms with Crippen molar-refractivity contribution < 1.29 is 27.9 Å². The van der Waals surface area contributed by atoms with Crippen molar-refractivity contribution in [1.29, 1.82) is 0 Å². The molecule has 3 fully saturated rings. The van der Waals surface area contributed by atoms with Gasteiger partial charge in [0, 0.05) is 50.9 Å². The van der Waals surface area contributed by atoms with E-state index in [4.69, 9.17) is 4.98 Å². The molecule has 2 amide bonds. The van der Waals surface area contributed by atoms with E-state index in [1.54, 1.807) is 4.90 Å². The zero-order chi connectivity index (χ0) is 31.7. The molecule has 1 aromatic carbocycles. The third-order valence-corrected chi connectivity index (χ3v) is 8.66. The van der Waals surface area contributed by atoms with Crippen LogP contribution >= 0.6 is 0 Å². The van der Waals surface area contributed by atoms with Crippen molar-refractivity contribution in [3.63, 3.8) is 0 Å². The number of benzene rings is 1. The maximum absolute atomic E-state index is 12.6. The van der Waals surface area contributed by atoms with Crippen molar-refractivity contribution in [2.45, 2.75) is 63.3 Å². The average Bonchev–Trinajstić information content (AvgIpc) is 3.57. The van der Waals surface area contributed by atoms with Gasteiger partial charge in [0.25, 0.3) is 5.91 Å². The highest BCUT2D eigenvalue weighted by Crippen LogP contribution is 2.37. The molecule has 242 valence electrons. The molecule has 2 saturated heterocycles. The van der Waals surface area contributed by atoms with Crippen molar-refractivity contribution in [2.75, 3.05) is 64.3 Å². The van der Waals surface area contributed by atoms with Gasteiger partial charge in [-0.3, -0.25) is 9.59 Å². The minimum absolute atomic E-state index is 0.112. The van der Waals surface area contributed by atoms with E-state index in [9.17, 15) is 27.9 Å². The Morgan fingerprint density at radius 3 is 2.30 bits per heavy atom. The number of pyridine rings is 1. The molecule has 12 heteroatoms. The monoisotopic (exact) mass is 618 g/mol. The minimum atomic E-state index is -4.50. The van der Waals surface area contributed by atoms with Gasteiger partial charge in [-0.15, -0.1) is 0 Å². The fraction of sp³-hybridized carbons (Fsp3) is 0.594. The van der Waals surface area contributed by atoms with Crippen LogP contribution in [0.1, 0.15) is 67.1 Å². The standard InChI is InChI=1S/C18H30N4O.C14H15F3N2O2/c1-3-19-15-7-9-18(23,10-8-15)16-5-4-6-17(20-16)22-13-11-21(2)12-14-22;15-14(16,17)11-5-3-4-10(8-11)13(21)18-9-12(20)19-6-1-2-7-19/h4-6,15,19,23H,3,7-14H2,1-2H3;3-5,8H,1-2,6-7,9H2,(H,18,21). The molecule has 9 nitrogen and oxygen atoms in total. The normalized spacial score (nSPS) is 22.7. The van der Waals surface area contributed by atoms with Gasteiger partial charge in [-0.05, 0) is 82.4 Å². The van der Waals surface area contributed by atoms with Crippen molar-refractivity contribution >= 4 is 17.6 Å². The molecular formula is C32H45F3N6O3. The second-order valence-corrected chi connectivity index (χ2v) is 11.9. The van der Waals surface area contributed by atoms with Crippen LogP contribution in [0.2, 0.25) is 0 Å². The zero-order valence-electron chi connectivity index (χ0n) is 25.7. The fourth-order valence-electron chi connectivity index (χ4n) is 5.91. The second-order valence-electron chi connectivity index (χ2n) is 11.9. The summed E-state index contributed by atoms with van der Waals surface area (Å²) in [5.74, 6) is 0.110. The number of aliphatic hydroxyl groups is 1. The van der Waals surface area contributed by atoms with Gasteiger partial charge in [0.15, 0.2) is 0 Å². The molecule has 0 spiro atoms. The van der Waals surface area contributed by atoms with Gasteiger partial charge in [0.2, 0.25) is 5.91 Å². The number of likely N-dealkylation sites (N-methyl/N-ethyl adjacent to an activating group) is 1. The van der Waals surface area contributed by atoms with E-state index in [-0.39, 0.29) is 18.0 Å². The number of carbonyl (C=O) groups excluding carboxylic acids is 2. The first kappa shape index (κ1) is 33.7. The number of halogens is 3. The summed E-state index contributed by atoms with van der Waals surface area (Å²) < 4.78 is 37.7. The largest absolute Gasteiger partial charge is 0.416 e. The predicted molar refractivity (Wildman–Crippen MR) is 163 cm³/mol. The lowest BCUT2D eigenvalue weighted by molar-refractivity contribution is -0.137. The number of hydrogen-bond donors (Lipinski definition) is 3. The van der Waals surface area contributed by atoms with Gasteiger partial charge < -0.3 is 30.4 Å². The molecule has 2 aromatic rings. The molecule has 1 aromatic heterocycles. The lowest BCUT2D eigenvalue weighted by atomic mass is 9.80. The number of amides is 2. The molecular weight excluding hydrogens is 573 g/mol. The van der Waals surface area contributed by atoms with Gasteiger partial charge in [0.1, 0.15) is 11.4 Å². The summed E-state index contributed by atoms with van der Waals surface area (Å²) in [5.41, 5.74) is -0.905. The fourth-order valence-corrected chi connectivity index (χ4v) is 5.91. The summed E-state index contributed by atoms with van der Waals surface area (Å²) in [5, 5.41) is 16.9. The van der Waals surface area contributed by atoms with E-state index in [1.807, 2.05) is 12.1 Å². The summed E-state index contributed by atoms with van der Waals surface area (Å²) in [7, 11) is 2.16. The molecule has 2 aliphatic heterocycles. The number of hydrogen-bond acceptors (Lipinski definition) is 7. The van der Waals surface area contributed by atoms with E-state index in [0.29, 0.717) is 19.1 Å². The average molecular weight is 619 g/mol. The highest BCUT2D eigenvalue weighted by atomic mass is 19.4. The van der Waals surface area contributed by atoms with E-state index in [0.717, 1.165) is 94.9 Å². The molecule has 0 radical (unpaired) electrons. The van der Waals surface area contributed by atoms with E-state index in [2.05, 4.69) is 40.5 Å². The van der Waals surface area contributed by atoms with Gasteiger partial charge in [-0.2, -0.15) is 13.2 Å². The van der Waals surface area contributed by atoms with Crippen LogP contribution in [-0.2, 0) is 16.6 Å². The van der Waals surface area contributed by atoms with E-state index < -0.39 is 23.2 Å². The predicted octanol–water partition coefficient (Wildman–Crippen LogP) is 3.63. The summed E-state index contributed by atoms with van der Waals surface area (Å²) in [4.78, 5) is 34.7. The summed E-state index contributed by atoms with van der Waals surface area (Å²) in [6.45, 7) is 8.43. The first-order chi connectivity index (χ1) is 21.0. The Bertz CT molecular complexity index is 1240. The quantitative estimate of drug-likeness (QED) is 0.436. The molecule has 5 rings (SSSR count). The third-order valence-electron chi connectivity index (χ3n) is 8.66. The molecule has 0 unspecified atom stereocenters. The van der Waals surface area contributed by atoms with Crippen LogP contribution in [0, 0.1) is 0 Å². The Morgan fingerprint density at radius 1 is 1.00 bits per heavy atom. The number of piperazine rings is 1. The smallest absolute Gasteiger partial charge is 0.384 e. The van der Waals surface area contributed by atoms with Gasteiger partial charge in [-0.1, -0.05) is 19.1 Å². The van der Waals surface area contributed by atoms with Crippen LogP contribution in [0.3, 0.4) is 0 Å². The molecule has 1 saturated carbocycles. The maximum Gasteiger partial charge on any atom is 0.416 e. The number of nitrogens with zero attached hydrogens (tertiary/aromatic N) is 4. The Hall–Kier alpha value is -3.22. The molecule has 0 atom stereocenters. The number of likely N-dealkylation sites (tertiary alicyclic amines) is 1. The van der Waals surface area contributed by atoms with Gasteiger partial charge in [0.05, 0.1) is 17.8 Å². The first-order valence-electron chi connectivity index (χ1n) is 15.6. The van der Waals surface area contributed by atoms with Gasteiger partial charge in [-0.25, -0.2) is 4.98 Å². The highest BCUT2D eigenvalue weighted by Gasteiger charge is 2.36. The lowest BCUT2D eigenvalue weighted by Crippen LogP contribution is -2.45. The molecule has 3 heterocycles. The highest BCUT2D eigenvalue weighted by molar-refractivity contribution is 5.96. The van der Waals surface area contributed by atoms with Crippen LogP contribution in [0.5, 0.6) is 0 Å². The van der Waals surface area contributed by atoms with Crippen molar-refractivity contribution in [2.24, 2.45) is 0 Å². The molecule has 1 aliphatic carbocycles. The molecule has 0 bridgehead atoms. The molecule has 3 aliphatic rings. The minimum Gasteiger partial charge on any atom is -0.384 e. The SMILES string of the molecule is CCNC1CCC(O)(c2cccc(N3CCN(C)CC3)n2)CC1.O=C(NCC(=O)N1CCCC1)c1cccc(C(F)(F)F)c1. The number of aromatic nitrogens is 1. The van der Waals surface area contributed by atoms with Crippen LogP contribution in [0.15, 0.2) is 42.5 Å². The van der Waals surface area contributed by atoms with Crippen molar-refractivity contribution in [3.05, 3.63) is 59.3 Å². The number of anilines is 1. The van der Waals surface area contributed by atoms with E-state index >= 15 is 0 Å². The summed E-state index contributed by atoms with van der Waals surface area (Å²) in [6.07, 6.45) is 1.01. The number of alkyl halides is 3. The summed E-state index contributed by atoms with van der Waals surface area (Å²) >= 11 is 0. The third kappa shape index (κ3) is 9.15. The van der Waals surface area contributed by atoms with Crippen LogP contribution in [-0.4, -0.2) is 97.2 Å². The second kappa shape index (κ2) is 15.2. The molecule has 44 heavy (non-hydrogen) atoms. The van der Waals surface area contributed by atoms with Crippen molar-refractivity contribution in [3.8, 4) is 0 Å². The van der Waals surface area contributed by atoms with Crippen LogP contribution < -0.4 is 15.5 Å². The Kier molecular flexibility index (Phi) is 11.6. The maximum atomic E-state index is 12.6. The number of rotatable bonds is 7. The number of carbonyl (C=O) groups is 2.